The minimum atomic E-state index is -0.357. The largest absolute Gasteiger partial charge is 0.461 e. The molecule has 38 heavy (non-hydrogen) atoms. The predicted molar refractivity (Wildman–Crippen MR) is 148 cm³/mol. The number of nitrogens with one attached hydrogen (secondary N) is 1. The molecule has 0 aliphatic carbocycles. The first kappa shape index (κ1) is 26.1. The highest BCUT2D eigenvalue weighted by Gasteiger charge is 2.21. The Morgan fingerprint density at radius 3 is 2.74 bits per heavy atom. The first-order valence-corrected chi connectivity index (χ1v) is 13.6. The number of tetrazole rings is 1. The van der Waals surface area contributed by atoms with E-state index in [1.54, 1.807) is 0 Å². The molecule has 3 aromatic heterocycles. The number of H-pyrrole nitrogens is 1. The Kier molecular flexibility index (Phi) is 7.90. The third-order valence-corrected chi connectivity index (χ3v) is 7.42. The van der Waals surface area contributed by atoms with Crippen LogP contribution in [0.15, 0.2) is 51.4 Å². The molecular formula is C27H26BrClN6O3. The number of aryl methyl sites for hydroxylation is 1. The smallest absolute Gasteiger partial charge is 0.312 e. The summed E-state index contributed by atoms with van der Waals surface area (Å²) in [6, 6.07) is 13.4. The molecule has 0 unspecified atom stereocenters. The van der Waals surface area contributed by atoms with E-state index in [9.17, 15) is 4.79 Å². The van der Waals surface area contributed by atoms with Gasteiger partial charge in [-0.05, 0) is 52.2 Å². The average molecular weight is 598 g/mol. The van der Waals surface area contributed by atoms with Gasteiger partial charge in [-0.3, -0.25) is 4.79 Å². The fourth-order valence-electron chi connectivity index (χ4n) is 4.45. The lowest BCUT2D eigenvalue weighted by atomic mass is 10.0. The summed E-state index contributed by atoms with van der Waals surface area (Å²) < 4.78 is 14.6. The molecule has 0 radical (unpaired) electrons. The summed E-state index contributed by atoms with van der Waals surface area (Å²) in [5, 5.41) is 15.6. The number of hydrogen-bond donors (Lipinski definition) is 1. The second-order valence-electron chi connectivity index (χ2n) is 8.81. The lowest BCUT2D eigenvalue weighted by molar-refractivity contribution is -0.144. The number of hydrogen-bond acceptors (Lipinski definition) is 7. The fraction of sp³-hybridized carbons (Fsp3) is 0.296. The van der Waals surface area contributed by atoms with Crippen LogP contribution in [-0.2, 0) is 35.5 Å². The quantitative estimate of drug-likeness (QED) is 0.182. The van der Waals surface area contributed by atoms with Crippen molar-refractivity contribution in [2.24, 2.45) is 0 Å². The van der Waals surface area contributed by atoms with Gasteiger partial charge in [0.15, 0.2) is 5.15 Å². The van der Waals surface area contributed by atoms with Crippen molar-refractivity contribution in [1.29, 1.82) is 0 Å². The number of ether oxygens (including phenoxy) is 1. The van der Waals surface area contributed by atoms with Gasteiger partial charge in [0.2, 0.25) is 5.82 Å². The van der Waals surface area contributed by atoms with Gasteiger partial charge < -0.3 is 13.7 Å². The number of fused-ring (bicyclic) bond motifs is 1. The third kappa shape index (κ3) is 5.23. The van der Waals surface area contributed by atoms with Crippen LogP contribution in [0, 0.1) is 0 Å². The SMILES string of the molecule is CCCCc1nc(Cl)c(CC(=O)OCc2ccc3oc(-c4ccccc4-c4nn[nH]n4)c(Br)c3c2)n1CC. The number of carbonyl (C=O) groups excluding carboxylic acids is 1. The number of rotatable bonds is 10. The van der Waals surface area contributed by atoms with Crippen LogP contribution in [0.2, 0.25) is 5.15 Å². The number of imidazole rings is 1. The molecule has 0 amide bonds. The normalized spacial score (nSPS) is 11.4. The van der Waals surface area contributed by atoms with Crippen LogP contribution in [-0.4, -0.2) is 36.1 Å². The molecule has 0 atom stereocenters. The maximum absolute atomic E-state index is 12.7. The minimum absolute atomic E-state index is 0.0699. The van der Waals surface area contributed by atoms with Crippen molar-refractivity contribution < 1.29 is 13.9 Å². The molecule has 3 heterocycles. The highest BCUT2D eigenvalue weighted by Crippen LogP contribution is 2.41. The summed E-state index contributed by atoms with van der Waals surface area (Å²) in [6.07, 6.45) is 2.99. The monoisotopic (exact) mass is 596 g/mol. The second-order valence-corrected chi connectivity index (χ2v) is 9.96. The molecule has 0 fully saturated rings. The third-order valence-electron chi connectivity index (χ3n) is 6.33. The van der Waals surface area contributed by atoms with E-state index in [0.29, 0.717) is 34.6 Å². The molecule has 0 saturated carbocycles. The average Bonchev–Trinajstić information content (AvgIpc) is 3.65. The fourth-order valence-corrected chi connectivity index (χ4v) is 5.32. The van der Waals surface area contributed by atoms with Crippen LogP contribution in [0.25, 0.3) is 33.7 Å². The van der Waals surface area contributed by atoms with Crippen molar-refractivity contribution in [1.82, 2.24) is 30.2 Å². The number of halogens is 2. The van der Waals surface area contributed by atoms with Crippen LogP contribution < -0.4 is 0 Å². The minimum Gasteiger partial charge on any atom is -0.461 e. The summed E-state index contributed by atoms with van der Waals surface area (Å²) in [5.41, 5.74) is 3.85. The Morgan fingerprint density at radius 2 is 2.00 bits per heavy atom. The van der Waals surface area contributed by atoms with Gasteiger partial charge in [0.1, 0.15) is 23.8 Å². The zero-order chi connectivity index (χ0) is 26.6. The number of esters is 1. The van der Waals surface area contributed by atoms with E-state index < -0.39 is 0 Å². The van der Waals surface area contributed by atoms with Gasteiger partial charge in [0.05, 0.1) is 16.6 Å². The van der Waals surface area contributed by atoms with Gasteiger partial charge in [-0.2, -0.15) is 5.21 Å². The molecule has 2 aromatic carbocycles. The van der Waals surface area contributed by atoms with E-state index in [1.807, 2.05) is 54.0 Å². The van der Waals surface area contributed by atoms with Gasteiger partial charge in [0, 0.05) is 29.5 Å². The van der Waals surface area contributed by atoms with Crippen molar-refractivity contribution in [3.63, 3.8) is 0 Å². The molecule has 1 N–H and O–H groups in total. The second kappa shape index (κ2) is 11.5. The topological polar surface area (TPSA) is 112 Å². The standard InChI is InChI=1S/C27H26BrClN6O3/c1-3-5-10-22-30-26(29)20(35(22)4-2)14-23(36)37-15-16-11-12-21-19(13-16)24(28)25(38-21)17-8-6-7-9-18(17)27-31-33-34-32-27/h6-9,11-13H,3-5,10,14-15H2,1-2H3,(H,31,32,33,34). The van der Waals surface area contributed by atoms with Crippen LogP contribution in [0.4, 0.5) is 0 Å². The Labute approximate surface area is 232 Å². The van der Waals surface area contributed by atoms with Gasteiger partial charge in [-0.25, -0.2) is 4.98 Å². The van der Waals surface area contributed by atoms with Crippen LogP contribution in [0.3, 0.4) is 0 Å². The lowest BCUT2D eigenvalue weighted by Crippen LogP contribution is -2.13. The lowest BCUT2D eigenvalue weighted by Gasteiger charge is -2.10. The summed E-state index contributed by atoms with van der Waals surface area (Å²) in [5.74, 6) is 1.68. The van der Waals surface area contributed by atoms with Gasteiger partial charge >= 0.3 is 5.97 Å². The number of unbranched alkanes of at least 4 members (excludes halogenated alkanes) is 1. The molecule has 5 rings (SSSR count). The number of carbonyl (C=O) groups is 1. The maximum Gasteiger partial charge on any atom is 0.312 e. The molecule has 196 valence electrons. The van der Waals surface area contributed by atoms with Crippen molar-refractivity contribution in [2.75, 3.05) is 0 Å². The zero-order valence-electron chi connectivity index (χ0n) is 21.0. The van der Waals surface area contributed by atoms with E-state index in [4.69, 9.17) is 20.8 Å². The van der Waals surface area contributed by atoms with Crippen molar-refractivity contribution in [3.05, 3.63) is 69.2 Å². The molecular weight excluding hydrogens is 572 g/mol. The van der Waals surface area contributed by atoms with Gasteiger partial charge in [0.25, 0.3) is 0 Å². The summed E-state index contributed by atoms with van der Waals surface area (Å²) in [7, 11) is 0. The first-order valence-electron chi connectivity index (χ1n) is 12.4. The summed E-state index contributed by atoms with van der Waals surface area (Å²) in [6.45, 7) is 4.98. The van der Waals surface area contributed by atoms with Crippen molar-refractivity contribution >= 4 is 44.5 Å². The number of aromatic amines is 1. The van der Waals surface area contributed by atoms with E-state index in [0.717, 1.165) is 51.6 Å². The number of nitrogens with zero attached hydrogens (tertiary/aromatic N) is 5. The number of furan rings is 1. The Balaban J connectivity index is 1.33. The van der Waals surface area contributed by atoms with Crippen LogP contribution in [0.1, 0.15) is 43.8 Å². The predicted octanol–water partition coefficient (Wildman–Crippen LogP) is 6.54. The van der Waals surface area contributed by atoms with Gasteiger partial charge in [-0.15, -0.1) is 10.2 Å². The first-order chi connectivity index (χ1) is 18.5. The molecule has 0 spiro atoms. The molecule has 0 saturated heterocycles. The van der Waals surface area contributed by atoms with Crippen molar-refractivity contribution in [3.8, 4) is 22.7 Å². The molecule has 9 nitrogen and oxygen atoms in total. The molecule has 11 heteroatoms. The molecule has 0 aliphatic rings. The van der Waals surface area contributed by atoms with Crippen LogP contribution >= 0.6 is 27.5 Å². The van der Waals surface area contributed by atoms with Crippen LogP contribution in [0.5, 0.6) is 0 Å². The summed E-state index contributed by atoms with van der Waals surface area (Å²) in [4.78, 5) is 17.2. The van der Waals surface area contributed by atoms with E-state index >= 15 is 0 Å². The van der Waals surface area contributed by atoms with E-state index in [1.165, 1.54) is 0 Å². The molecule has 0 aliphatic heterocycles. The van der Waals surface area contributed by atoms with Crippen molar-refractivity contribution in [2.45, 2.75) is 52.7 Å². The molecule has 0 bridgehead atoms. The Hall–Kier alpha value is -3.50. The highest BCUT2D eigenvalue weighted by atomic mass is 79.9. The van der Waals surface area contributed by atoms with Gasteiger partial charge in [-0.1, -0.05) is 55.3 Å². The molecule has 5 aromatic rings. The number of aromatic nitrogens is 6. The number of benzene rings is 2. The highest BCUT2D eigenvalue weighted by molar-refractivity contribution is 9.10. The maximum atomic E-state index is 12.7. The van der Waals surface area contributed by atoms with E-state index in [2.05, 4.69) is 48.5 Å². The Bertz CT molecular complexity index is 1580. The van der Waals surface area contributed by atoms with E-state index in [-0.39, 0.29) is 19.0 Å². The zero-order valence-corrected chi connectivity index (χ0v) is 23.3. The Morgan fingerprint density at radius 1 is 1.18 bits per heavy atom. The summed E-state index contributed by atoms with van der Waals surface area (Å²) >= 11 is 10.1.